The van der Waals surface area contributed by atoms with Crippen molar-refractivity contribution in [3.05, 3.63) is 0 Å². The average molecular weight is 232 g/mol. The second-order valence-corrected chi connectivity index (χ2v) is 12.4. The van der Waals surface area contributed by atoms with Crippen molar-refractivity contribution in [2.45, 2.75) is 58.2 Å². The summed E-state index contributed by atoms with van der Waals surface area (Å²) < 4.78 is 0. The third-order valence-corrected chi connectivity index (χ3v) is 5.62. The van der Waals surface area contributed by atoms with Crippen molar-refractivity contribution in [1.82, 2.24) is 0 Å². The summed E-state index contributed by atoms with van der Waals surface area (Å²) in [5.41, 5.74) is 4.15. The quantitative estimate of drug-likeness (QED) is 0.436. The Morgan fingerprint density at radius 3 is 1.69 bits per heavy atom. The van der Waals surface area contributed by atoms with Gasteiger partial charge in [-0.3, -0.25) is 0 Å². The van der Waals surface area contributed by atoms with Gasteiger partial charge in [0.05, 0.1) is 0 Å². The Hall–Kier alpha value is -0.223. The third-order valence-electron chi connectivity index (χ3n) is 4.74. The first-order valence-corrected chi connectivity index (χ1v) is 10.5. The fourth-order valence-corrected chi connectivity index (χ4v) is 5.22. The van der Waals surface area contributed by atoms with Crippen LogP contribution < -0.4 is 0 Å². The Morgan fingerprint density at radius 1 is 0.875 bits per heavy atom. The van der Waals surface area contributed by atoms with Crippen molar-refractivity contribution >= 4 is 8.07 Å². The van der Waals surface area contributed by atoms with Crippen molar-refractivity contribution < 1.29 is 0 Å². The van der Waals surface area contributed by atoms with E-state index in [0.29, 0.717) is 5.41 Å². The highest BCUT2D eigenvalue weighted by molar-refractivity contribution is 6.83. The summed E-state index contributed by atoms with van der Waals surface area (Å²) in [5.74, 6) is 6.91. The van der Waals surface area contributed by atoms with Crippen molar-refractivity contribution in [3.63, 3.8) is 0 Å². The van der Waals surface area contributed by atoms with Gasteiger partial charge >= 0.3 is 0 Å². The minimum absolute atomic E-state index is 0.481. The maximum Gasteiger partial charge on any atom is 0.129 e. The topological polar surface area (TPSA) is 0 Å². The molecule has 88 valence electrons. The van der Waals surface area contributed by atoms with E-state index in [1.54, 1.807) is 0 Å². The van der Waals surface area contributed by atoms with Gasteiger partial charge in [-0.25, -0.2) is 0 Å². The summed E-state index contributed by atoms with van der Waals surface area (Å²) >= 11 is 0. The molecule has 0 N–H and O–H groups in total. The molecule has 0 aromatic rings. The molecule has 0 spiro atoms. The summed E-state index contributed by atoms with van der Waals surface area (Å²) in [6, 6.07) is 0. The zero-order valence-corrected chi connectivity index (χ0v) is 12.0. The van der Waals surface area contributed by atoms with E-state index in [4.69, 9.17) is 0 Å². The average Bonchev–Trinajstić information content (AvgIpc) is 2.11. The van der Waals surface area contributed by atoms with Gasteiger partial charge in [-0.05, 0) is 56.3 Å². The minimum Gasteiger partial charge on any atom is -0.131 e. The molecule has 4 aliphatic rings. The molecule has 0 aliphatic heterocycles. The first-order valence-electron chi connectivity index (χ1n) is 6.98. The van der Waals surface area contributed by atoms with Gasteiger partial charge < -0.3 is 0 Å². The van der Waals surface area contributed by atoms with Crippen LogP contribution in [0.1, 0.15) is 38.5 Å². The standard InChI is InChI=1S/C15H24Si/c1-16(2,3)5-4-15-9-12-6-13(10-15)8-14(7-12)11-15/h12-14H,6-11H2,1-3H3. The van der Waals surface area contributed by atoms with Crippen LogP contribution in [0.15, 0.2) is 0 Å². The Kier molecular flexibility index (Phi) is 2.31. The van der Waals surface area contributed by atoms with Gasteiger partial charge in [0.2, 0.25) is 0 Å². The Balaban J connectivity index is 1.85. The second-order valence-electron chi connectivity index (χ2n) is 7.70. The molecular weight excluding hydrogens is 208 g/mol. The number of rotatable bonds is 0. The zero-order chi connectivity index (χ0) is 11.4. The molecule has 1 heteroatoms. The van der Waals surface area contributed by atoms with Crippen LogP contribution in [0.5, 0.6) is 0 Å². The smallest absolute Gasteiger partial charge is 0.129 e. The third kappa shape index (κ3) is 1.97. The lowest BCUT2D eigenvalue weighted by atomic mass is 9.50. The highest BCUT2D eigenvalue weighted by Gasteiger charge is 2.50. The van der Waals surface area contributed by atoms with Crippen LogP contribution in [0.25, 0.3) is 0 Å². The van der Waals surface area contributed by atoms with Crippen LogP contribution in [-0.2, 0) is 0 Å². The summed E-state index contributed by atoms with van der Waals surface area (Å²) in [6.45, 7) is 7.13. The molecule has 4 fully saturated rings. The lowest BCUT2D eigenvalue weighted by Gasteiger charge is -2.54. The molecule has 0 unspecified atom stereocenters. The van der Waals surface area contributed by atoms with Crippen LogP contribution >= 0.6 is 0 Å². The molecule has 0 aromatic carbocycles. The fourth-order valence-electron chi connectivity index (χ4n) is 4.58. The number of hydrogen-bond donors (Lipinski definition) is 0. The van der Waals surface area contributed by atoms with E-state index in [-0.39, 0.29) is 0 Å². The van der Waals surface area contributed by atoms with Crippen LogP contribution in [0.4, 0.5) is 0 Å². The van der Waals surface area contributed by atoms with E-state index in [1.807, 2.05) is 0 Å². The van der Waals surface area contributed by atoms with Gasteiger partial charge in [0.1, 0.15) is 8.07 Å². The summed E-state index contributed by atoms with van der Waals surface area (Å²) in [4.78, 5) is 0. The Bertz CT molecular complexity index is 315. The van der Waals surface area contributed by atoms with Crippen LogP contribution in [-0.4, -0.2) is 8.07 Å². The zero-order valence-electron chi connectivity index (χ0n) is 11.0. The maximum absolute atomic E-state index is 3.78. The fraction of sp³-hybridized carbons (Fsp3) is 0.867. The normalized spacial score (nSPS) is 45.3. The summed E-state index contributed by atoms with van der Waals surface area (Å²) in [5, 5.41) is 0. The molecule has 0 aromatic heterocycles. The molecule has 4 bridgehead atoms. The molecule has 0 heterocycles. The van der Waals surface area contributed by atoms with Crippen LogP contribution in [0.2, 0.25) is 19.6 Å². The SMILES string of the molecule is C[Si](C)(C)C#CC12CC3CC(CC(C3)C1)C2. The first kappa shape index (κ1) is 10.9. The summed E-state index contributed by atoms with van der Waals surface area (Å²) in [6.07, 6.45) is 8.93. The molecule has 4 saturated carbocycles. The van der Waals surface area contributed by atoms with E-state index in [2.05, 4.69) is 31.1 Å². The van der Waals surface area contributed by atoms with Gasteiger partial charge in [-0.15, -0.1) is 11.5 Å². The van der Waals surface area contributed by atoms with Gasteiger partial charge in [0.15, 0.2) is 0 Å². The molecule has 0 radical (unpaired) electrons. The molecule has 16 heavy (non-hydrogen) atoms. The van der Waals surface area contributed by atoms with Crippen molar-refractivity contribution in [1.29, 1.82) is 0 Å². The molecule has 0 nitrogen and oxygen atoms in total. The highest BCUT2D eigenvalue weighted by atomic mass is 28.3. The lowest BCUT2D eigenvalue weighted by Crippen LogP contribution is -2.45. The van der Waals surface area contributed by atoms with Crippen LogP contribution in [0.3, 0.4) is 0 Å². The van der Waals surface area contributed by atoms with Crippen molar-refractivity contribution in [2.24, 2.45) is 23.2 Å². The second kappa shape index (κ2) is 3.39. The number of hydrogen-bond acceptors (Lipinski definition) is 0. The summed E-state index contributed by atoms with van der Waals surface area (Å²) in [7, 11) is -1.17. The van der Waals surface area contributed by atoms with E-state index >= 15 is 0 Å². The molecular formula is C15H24Si. The molecule has 4 aliphatic carbocycles. The molecule has 0 atom stereocenters. The van der Waals surface area contributed by atoms with E-state index in [0.717, 1.165) is 17.8 Å². The maximum atomic E-state index is 3.78. The van der Waals surface area contributed by atoms with E-state index < -0.39 is 8.07 Å². The Morgan fingerprint density at radius 2 is 1.31 bits per heavy atom. The molecule has 4 rings (SSSR count). The van der Waals surface area contributed by atoms with Crippen molar-refractivity contribution in [2.75, 3.05) is 0 Å². The molecule has 0 amide bonds. The minimum atomic E-state index is -1.17. The highest BCUT2D eigenvalue weighted by Crippen LogP contribution is 2.59. The largest absolute Gasteiger partial charge is 0.131 e. The van der Waals surface area contributed by atoms with Gasteiger partial charge in [-0.2, -0.15) is 0 Å². The molecule has 0 saturated heterocycles. The Labute approximate surface area is 101 Å². The predicted molar refractivity (Wildman–Crippen MR) is 71.7 cm³/mol. The first-order chi connectivity index (χ1) is 7.44. The van der Waals surface area contributed by atoms with E-state index in [1.165, 1.54) is 38.5 Å². The van der Waals surface area contributed by atoms with Gasteiger partial charge in [0, 0.05) is 5.41 Å². The predicted octanol–water partition coefficient (Wildman–Crippen LogP) is 4.08. The lowest BCUT2D eigenvalue weighted by molar-refractivity contribution is -0.0181. The van der Waals surface area contributed by atoms with E-state index in [9.17, 15) is 0 Å². The van der Waals surface area contributed by atoms with Crippen LogP contribution in [0, 0.1) is 34.6 Å². The monoisotopic (exact) mass is 232 g/mol. The van der Waals surface area contributed by atoms with Crippen molar-refractivity contribution in [3.8, 4) is 11.5 Å². The van der Waals surface area contributed by atoms with Gasteiger partial charge in [-0.1, -0.05) is 19.6 Å². The van der Waals surface area contributed by atoms with Gasteiger partial charge in [0.25, 0.3) is 0 Å².